The van der Waals surface area contributed by atoms with Crippen LogP contribution in [-0.2, 0) is 20.5 Å². The van der Waals surface area contributed by atoms with Crippen molar-refractivity contribution in [1.29, 1.82) is 0 Å². The molecule has 0 unspecified atom stereocenters. The minimum Gasteiger partial charge on any atom is -0.490 e. The zero-order valence-electron chi connectivity index (χ0n) is 22.0. The van der Waals surface area contributed by atoms with Gasteiger partial charge >= 0.3 is 0 Å². The van der Waals surface area contributed by atoms with Gasteiger partial charge in [0.1, 0.15) is 23.3 Å². The second-order valence-corrected chi connectivity index (χ2v) is 11.4. The van der Waals surface area contributed by atoms with Crippen molar-refractivity contribution >= 4 is 40.6 Å². The van der Waals surface area contributed by atoms with Gasteiger partial charge in [-0.2, -0.15) is 0 Å². The molecule has 0 bridgehead atoms. The molecule has 2 spiro atoms. The maximum atomic E-state index is 14.8. The highest BCUT2D eigenvalue weighted by Crippen LogP contribution is 2.68. The second-order valence-electron chi connectivity index (χ2n) is 11.0. The van der Waals surface area contributed by atoms with Gasteiger partial charge in [0.2, 0.25) is 5.91 Å². The smallest absolute Gasteiger partial charge is 0.251 e. The summed E-state index contributed by atoms with van der Waals surface area (Å²) in [5.74, 6) is -1.13. The van der Waals surface area contributed by atoms with Crippen LogP contribution in [0, 0.1) is 12.8 Å². The van der Waals surface area contributed by atoms with E-state index in [2.05, 4.69) is 22.1 Å². The largest absolute Gasteiger partial charge is 0.490 e. The van der Waals surface area contributed by atoms with Gasteiger partial charge in [0.15, 0.2) is 5.78 Å². The van der Waals surface area contributed by atoms with Crippen molar-refractivity contribution in [2.45, 2.75) is 36.8 Å². The van der Waals surface area contributed by atoms with Crippen LogP contribution in [0.25, 0.3) is 0 Å². The Morgan fingerprint density at radius 3 is 2.75 bits per heavy atom. The molecule has 0 saturated carbocycles. The highest BCUT2D eigenvalue weighted by molar-refractivity contribution is 6.31. The summed E-state index contributed by atoms with van der Waals surface area (Å²) >= 11 is 6.62. The Bertz CT molecular complexity index is 1640. The number of anilines is 2. The third kappa shape index (κ3) is 2.96. The Hall–Kier alpha value is -3.94. The van der Waals surface area contributed by atoms with E-state index in [-0.39, 0.29) is 23.6 Å². The zero-order chi connectivity index (χ0) is 27.8. The van der Waals surface area contributed by atoms with E-state index in [9.17, 15) is 14.4 Å². The van der Waals surface area contributed by atoms with Gasteiger partial charge in [0.25, 0.3) is 5.91 Å². The number of aryl methyl sites for hydroxylation is 1. The predicted molar refractivity (Wildman–Crippen MR) is 153 cm³/mol. The Morgan fingerprint density at radius 2 is 1.93 bits per heavy atom. The first kappa shape index (κ1) is 25.1. The summed E-state index contributed by atoms with van der Waals surface area (Å²) in [6, 6.07) is 17.7. The second kappa shape index (κ2) is 8.78. The van der Waals surface area contributed by atoms with Crippen LogP contribution in [0.4, 0.5) is 11.4 Å². The van der Waals surface area contributed by atoms with Crippen molar-refractivity contribution in [1.82, 2.24) is 4.90 Å². The van der Waals surface area contributed by atoms with Gasteiger partial charge in [-0.1, -0.05) is 54.6 Å². The molecule has 0 aliphatic carbocycles. The summed E-state index contributed by atoms with van der Waals surface area (Å²) in [5.41, 5.74) is 0.870. The molecule has 3 aromatic carbocycles. The molecule has 4 aliphatic heterocycles. The summed E-state index contributed by atoms with van der Waals surface area (Å²) in [4.78, 5) is 46.0. The first-order valence-corrected chi connectivity index (χ1v) is 13.9. The number of fused-ring (bicyclic) bond motifs is 7. The number of para-hydroxylation sites is 1. The fourth-order valence-corrected chi connectivity index (χ4v) is 8.16. The number of amides is 2. The molecule has 3 aromatic rings. The van der Waals surface area contributed by atoms with E-state index in [0.29, 0.717) is 58.4 Å². The fourth-order valence-electron chi connectivity index (χ4n) is 7.89. The zero-order valence-corrected chi connectivity index (χ0v) is 22.8. The van der Waals surface area contributed by atoms with Gasteiger partial charge in [-0.3, -0.25) is 19.3 Å². The molecule has 4 aliphatic rings. The van der Waals surface area contributed by atoms with Crippen molar-refractivity contribution < 1.29 is 19.1 Å². The maximum absolute atomic E-state index is 14.8. The van der Waals surface area contributed by atoms with Crippen molar-refractivity contribution in [2.24, 2.45) is 5.92 Å². The van der Waals surface area contributed by atoms with E-state index < -0.39 is 16.9 Å². The molecule has 4 heterocycles. The van der Waals surface area contributed by atoms with Gasteiger partial charge in [-0.25, -0.2) is 0 Å². The van der Waals surface area contributed by atoms with Crippen LogP contribution in [0.15, 0.2) is 73.3 Å². The number of halogens is 1. The normalized spacial score (nSPS) is 27.9. The molecule has 4 atom stereocenters. The third-order valence-corrected chi connectivity index (χ3v) is 9.35. The number of ketones is 1. The molecule has 0 aromatic heterocycles. The molecule has 8 heteroatoms. The number of nitrogens with zero attached hydrogens (tertiary/aromatic N) is 1. The monoisotopic (exact) mass is 553 g/mol. The Balaban J connectivity index is 1.54. The van der Waals surface area contributed by atoms with Gasteiger partial charge in [-0.05, 0) is 67.8 Å². The Kier molecular flexibility index (Phi) is 5.50. The highest BCUT2D eigenvalue weighted by atomic mass is 35.5. The van der Waals surface area contributed by atoms with E-state index in [1.165, 1.54) is 0 Å². The molecule has 2 amide bonds. The van der Waals surface area contributed by atoms with Crippen molar-refractivity contribution in [3.63, 3.8) is 0 Å². The van der Waals surface area contributed by atoms with E-state index in [1.807, 2.05) is 37.3 Å². The standard InChI is InChI=1S/C32H28ClN3O4/c1-3-14-40-21-9-6-8-19(16-21)28(37)26-25-12-7-13-36(25)32(23-17-20(33)15-18(2)27(23)35-30(32)39)31(26)22-10-4-5-11-24(22)34-29(31)38/h3-6,8-11,15-17,25-26H,1,7,12-14H2,2H3,(H,34,38)(H,35,39)/t25-,26+,31-,32+/m1/s1. The average Bonchev–Trinajstić information content (AvgIpc) is 3.66. The van der Waals surface area contributed by atoms with Gasteiger partial charge in [0, 0.05) is 33.6 Å². The van der Waals surface area contributed by atoms with E-state index in [1.54, 1.807) is 36.4 Å². The van der Waals surface area contributed by atoms with E-state index in [4.69, 9.17) is 16.3 Å². The molecule has 40 heavy (non-hydrogen) atoms. The molecule has 2 saturated heterocycles. The summed E-state index contributed by atoms with van der Waals surface area (Å²) < 4.78 is 5.73. The molecule has 2 fully saturated rings. The summed E-state index contributed by atoms with van der Waals surface area (Å²) in [7, 11) is 0. The lowest BCUT2D eigenvalue weighted by molar-refractivity contribution is -0.137. The minimum atomic E-state index is -1.52. The van der Waals surface area contributed by atoms with Crippen molar-refractivity contribution in [3.8, 4) is 5.75 Å². The van der Waals surface area contributed by atoms with Crippen LogP contribution in [0.3, 0.4) is 0 Å². The number of Topliss-reactive ketones (excluding diaryl/α,β-unsaturated/α-hetero) is 1. The van der Waals surface area contributed by atoms with Crippen LogP contribution in [-0.4, -0.2) is 41.7 Å². The minimum absolute atomic E-state index is 0.190. The van der Waals surface area contributed by atoms with Crippen LogP contribution in [0.2, 0.25) is 5.02 Å². The fraction of sp³-hybridized carbons (Fsp3) is 0.281. The average molecular weight is 554 g/mol. The maximum Gasteiger partial charge on any atom is 0.251 e. The lowest BCUT2D eigenvalue weighted by Crippen LogP contribution is -2.62. The molecule has 7 nitrogen and oxygen atoms in total. The summed E-state index contributed by atoms with van der Waals surface area (Å²) in [5, 5.41) is 6.65. The lowest BCUT2D eigenvalue weighted by atomic mass is 9.57. The lowest BCUT2D eigenvalue weighted by Gasteiger charge is -2.43. The van der Waals surface area contributed by atoms with E-state index in [0.717, 1.165) is 12.0 Å². The van der Waals surface area contributed by atoms with Gasteiger partial charge in [-0.15, -0.1) is 0 Å². The number of hydrogen-bond acceptors (Lipinski definition) is 5. The number of carbonyl (C=O) groups excluding carboxylic acids is 3. The third-order valence-electron chi connectivity index (χ3n) is 9.14. The molecule has 0 radical (unpaired) electrons. The van der Waals surface area contributed by atoms with E-state index >= 15 is 0 Å². The summed E-state index contributed by atoms with van der Waals surface area (Å²) in [6.07, 6.45) is 3.13. The molecule has 202 valence electrons. The summed E-state index contributed by atoms with van der Waals surface area (Å²) in [6.45, 7) is 6.47. The Labute approximate surface area is 237 Å². The molecule has 7 rings (SSSR count). The topological polar surface area (TPSA) is 87.7 Å². The first-order valence-electron chi connectivity index (χ1n) is 13.5. The Morgan fingerprint density at radius 1 is 1.10 bits per heavy atom. The SMILES string of the molecule is C=CCOc1cccc(C(=O)[C@@H]2[C@H]3CCCN3[C@@]3(C(=O)Nc4c(C)cc(Cl)cc43)[C@@]23C(=O)Nc2ccccc23)c1. The molecular formula is C32H28ClN3O4. The number of carbonyl (C=O) groups is 3. The van der Waals surface area contributed by atoms with Gasteiger partial charge in [0.05, 0.1) is 5.92 Å². The number of ether oxygens (including phenoxy) is 1. The van der Waals surface area contributed by atoms with Crippen LogP contribution in [0.1, 0.15) is 39.9 Å². The molecule has 2 N–H and O–H groups in total. The van der Waals surface area contributed by atoms with Gasteiger partial charge < -0.3 is 15.4 Å². The highest BCUT2D eigenvalue weighted by Gasteiger charge is 2.81. The van der Waals surface area contributed by atoms with Crippen LogP contribution in [0.5, 0.6) is 5.75 Å². The molecular weight excluding hydrogens is 526 g/mol. The predicted octanol–water partition coefficient (Wildman–Crippen LogP) is 5.23. The van der Waals surface area contributed by atoms with Crippen molar-refractivity contribution in [3.05, 3.63) is 101 Å². The number of hydrogen-bond donors (Lipinski definition) is 2. The van der Waals surface area contributed by atoms with Crippen molar-refractivity contribution in [2.75, 3.05) is 23.8 Å². The first-order chi connectivity index (χ1) is 19.3. The quantitative estimate of drug-likeness (QED) is 0.334. The van der Waals surface area contributed by atoms with Crippen LogP contribution < -0.4 is 15.4 Å². The number of benzene rings is 3. The number of nitrogens with one attached hydrogen (secondary N) is 2. The number of rotatable bonds is 5. The van der Waals surface area contributed by atoms with Crippen LogP contribution >= 0.6 is 11.6 Å².